The maximum absolute atomic E-state index is 12.1. The van der Waals surface area contributed by atoms with Crippen molar-refractivity contribution in [1.29, 1.82) is 0 Å². The average molecular weight is 303 g/mol. The number of aromatic hydroxyl groups is 1. The largest absolute Gasteiger partial charge is 0.507 e. The molecule has 1 atom stereocenters. The van der Waals surface area contributed by atoms with Crippen molar-refractivity contribution in [2.45, 2.75) is 30.9 Å². The van der Waals surface area contributed by atoms with Crippen molar-refractivity contribution in [2.24, 2.45) is 5.92 Å². The second-order valence-corrected chi connectivity index (χ2v) is 6.91. The standard InChI is InChI=1S/C17H21NO2S/c1-11(2)10-18-17(20)12(3)21-16-9-8-15(19)13-6-4-5-7-14(13)16/h4-9,11-12,19H,10H2,1-3H3,(H,18,20). The lowest BCUT2D eigenvalue weighted by atomic mass is 10.1. The Bertz CT molecular complexity index is 640. The summed E-state index contributed by atoms with van der Waals surface area (Å²) < 4.78 is 0. The number of hydrogen-bond acceptors (Lipinski definition) is 3. The number of hydrogen-bond donors (Lipinski definition) is 2. The lowest BCUT2D eigenvalue weighted by Crippen LogP contribution is -2.33. The fourth-order valence-electron chi connectivity index (χ4n) is 2.05. The summed E-state index contributed by atoms with van der Waals surface area (Å²) >= 11 is 1.52. The van der Waals surface area contributed by atoms with E-state index in [1.54, 1.807) is 6.07 Å². The molecule has 2 rings (SSSR count). The minimum absolute atomic E-state index is 0.0471. The van der Waals surface area contributed by atoms with Crippen molar-refractivity contribution >= 4 is 28.4 Å². The Morgan fingerprint density at radius 2 is 1.81 bits per heavy atom. The Balaban J connectivity index is 2.16. The van der Waals surface area contributed by atoms with E-state index in [0.29, 0.717) is 12.5 Å². The van der Waals surface area contributed by atoms with Crippen LogP contribution in [0.2, 0.25) is 0 Å². The number of phenols is 1. The molecule has 2 N–H and O–H groups in total. The predicted molar refractivity (Wildman–Crippen MR) is 88.8 cm³/mol. The number of benzene rings is 2. The van der Waals surface area contributed by atoms with Crippen LogP contribution in [-0.4, -0.2) is 22.8 Å². The second-order valence-electron chi connectivity index (χ2n) is 5.53. The summed E-state index contributed by atoms with van der Waals surface area (Å²) in [5.41, 5.74) is 0. The van der Waals surface area contributed by atoms with E-state index >= 15 is 0 Å². The molecule has 0 aliphatic carbocycles. The molecule has 0 heterocycles. The van der Waals surface area contributed by atoms with E-state index in [2.05, 4.69) is 19.2 Å². The third-order valence-corrected chi connectivity index (χ3v) is 4.40. The minimum atomic E-state index is -0.170. The van der Waals surface area contributed by atoms with Crippen LogP contribution in [0.3, 0.4) is 0 Å². The van der Waals surface area contributed by atoms with E-state index in [9.17, 15) is 9.90 Å². The number of carbonyl (C=O) groups excluding carboxylic acids is 1. The highest BCUT2D eigenvalue weighted by Crippen LogP contribution is 2.35. The molecule has 112 valence electrons. The van der Waals surface area contributed by atoms with Crippen molar-refractivity contribution < 1.29 is 9.90 Å². The summed E-state index contributed by atoms with van der Waals surface area (Å²) in [5.74, 6) is 0.762. The van der Waals surface area contributed by atoms with Crippen LogP contribution in [0.15, 0.2) is 41.3 Å². The van der Waals surface area contributed by atoms with Gasteiger partial charge in [0.25, 0.3) is 0 Å². The number of amides is 1. The summed E-state index contributed by atoms with van der Waals surface area (Å²) in [6.07, 6.45) is 0. The molecule has 4 heteroatoms. The normalized spacial score (nSPS) is 12.6. The van der Waals surface area contributed by atoms with Gasteiger partial charge in [-0.05, 0) is 30.4 Å². The van der Waals surface area contributed by atoms with Gasteiger partial charge in [-0.2, -0.15) is 0 Å². The lowest BCUT2D eigenvalue weighted by Gasteiger charge is -2.15. The molecule has 3 nitrogen and oxygen atoms in total. The minimum Gasteiger partial charge on any atom is -0.507 e. The van der Waals surface area contributed by atoms with Crippen molar-refractivity contribution in [2.75, 3.05) is 6.54 Å². The monoisotopic (exact) mass is 303 g/mol. The van der Waals surface area contributed by atoms with E-state index in [1.807, 2.05) is 37.3 Å². The molecule has 0 spiro atoms. The van der Waals surface area contributed by atoms with Gasteiger partial charge in [0.15, 0.2) is 0 Å². The molecule has 0 saturated carbocycles. The Kier molecular flexibility index (Phi) is 5.12. The topological polar surface area (TPSA) is 49.3 Å². The molecular formula is C17H21NO2S. The fraction of sp³-hybridized carbons (Fsp3) is 0.353. The first-order valence-electron chi connectivity index (χ1n) is 7.14. The van der Waals surface area contributed by atoms with Crippen molar-refractivity contribution in [3.05, 3.63) is 36.4 Å². The fourth-order valence-corrected chi connectivity index (χ4v) is 3.07. The molecule has 1 amide bonds. The molecule has 0 radical (unpaired) electrons. The Morgan fingerprint density at radius 1 is 1.14 bits per heavy atom. The smallest absolute Gasteiger partial charge is 0.233 e. The zero-order valence-electron chi connectivity index (χ0n) is 12.6. The molecule has 21 heavy (non-hydrogen) atoms. The molecule has 2 aromatic rings. The zero-order chi connectivity index (χ0) is 15.4. The van der Waals surface area contributed by atoms with Crippen LogP contribution in [0, 0.1) is 5.92 Å². The number of thioether (sulfide) groups is 1. The molecule has 0 bridgehead atoms. The van der Waals surface area contributed by atoms with Gasteiger partial charge < -0.3 is 10.4 Å². The van der Waals surface area contributed by atoms with Gasteiger partial charge in [0.1, 0.15) is 5.75 Å². The number of nitrogens with one attached hydrogen (secondary N) is 1. The van der Waals surface area contributed by atoms with Crippen molar-refractivity contribution in [3.8, 4) is 5.75 Å². The van der Waals surface area contributed by atoms with Crippen LogP contribution in [-0.2, 0) is 4.79 Å². The molecular weight excluding hydrogens is 282 g/mol. The first kappa shape index (κ1) is 15.7. The number of rotatable bonds is 5. The van der Waals surface area contributed by atoms with Crippen LogP contribution in [0.5, 0.6) is 5.75 Å². The summed E-state index contributed by atoms with van der Waals surface area (Å²) in [5, 5.41) is 14.5. The van der Waals surface area contributed by atoms with Crippen molar-refractivity contribution in [1.82, 2.24) is 5.32 Å². The molecule has 2 aromatic carbocycles. The van der Waals surface area contributed by atoms with Gasteiger partial charge in [-0.15, -0.1) is 11.8 Å². The van der Waals surface area contributed by atoms with Gasteiger partial charge in [-0.1, -0.05) is 38.1 Å². The summed E-state index contributed by atoms with van der Waals surface area (Å²) in [4.78, 5) is 13.1. The SMILES string of the molecule is CC(C)CNC(=O)C(C)Sc1ccc(O)c2ccccc12. The summed E-state index contributed by atoms with van der Waals surface area (Å²) in [6, 6.07) is 11.2. The van der Waals surface area contributed by atoms with Crippen LogP contribution in [0.25, 0.3) is 10.8 Å². The molecule has 0 aliphatic rings. The van der Waals surface area contributed by atoms with Gasteiger partial charge in [0.2, 0.25) is 5.91 Å². The number of carbonyl (C=O) groups is 1. The highest BCUT2D eigenvalue weighted by atomic mass is 32.2. The van der Waals surface area contributed by atoms with E-state index in [-0.39, 0.29) is 16.9 Å². The van der Waals surface area contributed by atoms with Gasteiger partial charge in [0.05, 0.1) is 5.25 Å². The highest BCUT2D eigenvalue weighted by molar-refractivity contribution is 8.00. The zero-order valence-corrected chi connectivity index (χ0v) is 13.4. The molecule has 1 unspecified atom stereocenters. The van der Waals surface area contributed by atoms with E-state index in [4.69, 9.17) is 0 Å². The summed E-state index contributed by atoms with van der Waals surface area (Å²) in [7, 11) is 0. The highest BCUT2D eigenvalue weighted by Gasteiger charge is 2.16. The summed E-state index contributed by atoms with van der Waals surface area (Å²) in [6.45, 7) is 6.75. The Hall–Kier alpha value is -1.68. The number of fused-ring (bicyclic) bond motifs is 1. The quantitative estimate of drug-likeness (QED) is 0.826. The number of phenolic OH excluding ortho intramolecular Hbond substituents is 1. The Labute approximate surface area is 129 Å². The predicted octanol–water partition coefficient (Wildman–Crippen LogP) is 3.80. The first-order valence-corrected chi connectivity index (χ1v) is 8.02. The van der Waals surface area contributed by atoms with Crippen molar-refractivity contribution in [3.63, 3.8) is 0 Å². The molecule has 0 aromatic heterocycles. The second kappa shape index (κ2) is 6.85. The lowest BCUT2D eigenvalue weighted by molar-refractivity contribution is -0.120. The van der Waals surface area contributed by atoms with Crippen LogP contribution >= 0.6 is 11.8 Å². The van der Waals surface area contributed by atoms with Crippen LogP contribution in [0.4, 0.5) is 0 Å². The maximum atomic E-state index is 12.1. The first-order chi connectivity index (χ1) is 9.99. The van der Waals surface area contributed by atoms with Crippen LogP contribution in [0.1, 0.15) is 20.8 Å². The van der Waals surface area contributed by atoms with E-state index < -0.39 is 0 Å². The maximum Gasteiger partial charge on any atom is 0.233 e. The van der Waals surface area contributed by atoms with E-state index in [0.717, 1.165) is 15.7 Å². The van der Waals surface area contributed by atoms with Gasteiger partial charge in [0, 0.05) is 16.8 Å². The third kappa shape index (κ3) is 3.91. The van der Waals surface area contributed by atoms with Gasteiger partial charge >= 0.3 is 0 Å². The van der Waals surface area contributed by atoms with Gasteiger partial charge in [-0.3, -0.25) is 4.79 Å². The third-order valence-electron chi connectivity index (χ3n) is 3.22. The van der Waals surface area contributed by atoms with E-state index in [1.165, 1.54) is 11.8 Å². The average Bonchev–Trinajstić information content (AvgIpc) is 2.47. The molecule has 0 aliphatic heterocycles. The van der Waals surface area contributed by atoms with Crippen LogP contribution < -0.4 is 5.32 Å². The molecule has 0 saturated heterocycles. The molecule has 0 fully saturated rings. The Morgan fingerprint density at radius 3 is 2.48 bits per heavy atom. The van der Waals surface area contributed by atoms with Gasteiger partial charge in [-0.25, -0.2) is 0 Å².